The van der Waals surface area contributed by atoms with Crippen LogP contribution in [-0.2, 0) is 14.8 Å². The van der Waals surface area contributed by atoms with Crippen LogP contribution < -0.4 is 9.62 Å². The van der Waals surface area contributed by atoms with E-state index >= 15 is 0 Å². The highest BCUT2D eigenvalue weighted by atomic mass is 32.2. The van der Waals surface area contributed by atoms with Crippen LogP contribution in [0, 0.1) is 27.7 Å². The van der Waals surface area contributed by atoms with Gasteiger partial charge in [-0.3, -0.25) is 9.10 Å². The van der Waals surface area contributed by atoms with Crippen LogP contribution in [0.15, 0.2) is 36.4 Å². The normalized spacial score (nSPS) is 12.5. The van der Waals surface area contributed by atoms with Crippen molar-refractivity contribution >= 4 is 27.3 Å². The van der Waals surface area contributed by atoms with Gasteiger partial charge in [-0.15, -0.1) is 0 Å². The number of carbonyl (C=O) groups excluding carboxylic acids is 1. The first-order valence-electron chi connectivity index (χ1n) is 8.99. The molecule has 2 aromatic carbocycles. The fraction of sp³-hybridized carbons (Fsp3) is 0.381. The van der Waals surface area contributed by atoms with E-state index in [1.54, 1.807) is 6.07 Å². The predicted molar refractivity (Wildman–Crippen MR) is 112 cm³/mol. The maximum Gasteiger partial charge on any atom is 0.248 e. The maximum absolute atomic E-state index is 13.0. The highest BCUT2D eigenvalue weighted by Gasteiger charge is 2.31. The molecule has 1 amide bonds. The molecule has 0 aliphatic carbocycles. The van der Waals surface area contributed by atoms with Gasteiger partial charge in [-0.25, -0.2) is 8.42 Å². The molecule has 0 saturated heterocycles. The van der Waals surface area contributed by atoms with E-state index in [-0.39, 0.29) is 5.91 Å². The Kier molecular flexibility index (Phi) is 6.31. The first-order chi connectivity index (χ1) is 12.5. The molecule has 5 nitrogen and oxygen atoms in total. The van der Waals surface area contributed by atoms with E-state index in [2.05, 4.69) is 5.32 Å². The minimum Gasteiger partial charge on any atom is -0.324 e. The van der Waals surface area contributed by atoms with Crippen molar-refractivity contribution in [1.82, 2.24) is 0 Å². The van der Waals surface area contributed by atoms with Crippen LogP contribution in [0.1, 0.15) is 35.6 Å². The molecule has 0 fully saturated rings. The van der Waals surface area contributed by atoms with E-state index in [0.29, 0.717) is 17.8 Å². The maximum atomic E-state index is 13.0. The highest BCUT2D eigenvalue weighted by molar-refractivity contribution is 7.92. The summed E-state index contributed by atoms with van der Waals surface area (Å²) in [7, 11) is -3.64. The van der Waals surface area contributed by atoms with Gasteiger partial charge in [0.15, 0.2) is 0 Å². The van der Waals surface area contributed by atoms with Gasteiger partial charge in [0, 0.05) is 5.69 Å². The third kappa shape index (κ3) is 4.89. The van der Waals surface area contributed by atoms with E-state index in [1.807, 2.05) is 65.0 Å². The summed E-state index contributed by atoms with van der Waals surface area (Å²) < 4.78 is 26.3. The topological polar surface area (TPSA) is 66.5 Å². The van der Waals surface area contributed by atoms with E-state index in [9.17, 15) is 13.2 Å². The van der Waals surface area contributed by atoms with Gasteiger partial charge in [-0.05, 0) is 74.6 Å². The highest BCUT2D eigenvalue weighted by Crippen LogP contribution is 2.26. The van der Waals surface area contributed by atoms with Crippen molar-refractivity contribution < 1.29 is 13.2 Å². The van der Waals surface area contributed by atoms with Crippen LogP contribution in [0.2, 0.25) is 0 Å². The van der Waals surface area contributed by atoms with Gasteiger partial charge in [0.1, 0.15) is 6.04 Å². The van der Waals surface area contributed by atoms with Crippen molar-refractivity contribution in [2.24, 2.45) is 0 Å². The summed E-state index contributed by atoms with van der Waals surface area (Å²) in [5.41, 5.74) is 5.21. The largest absolute Gasteiger partial charge is 0.324 e. The molecule has 0 spiro atoms. The lowest BCUT2D eigenvalue weighted by Crippen LogP contribution is -2.47. The number of nitrogens with one attached hydrogen (secondary N) is 1. The molecule has 0 aromatic heterocycles. The lowest BCUT2D eigenvalue weighted by atomic mass is 10.1. The molecule has 0 saturated carbocycles. The minimum absolute atomic E-state index is 0.338. The van der Waals surface area contributed by atoms with Crippen LogP contribution in [0.3, 0.4) is 0 Å². The summed E-state index contributed by atoms with van der Waals surface area (Å²) in [6, 6.07) is 10.4. The molecule has 27 heavy (non-hydrogen) atoms. The minimum atomic E-state index is -3.64. The third-order valence-corrected chi connectivity index (χ3v) is 5.91. The Balaban J connectivity index is 2.44. The molecule has 0 bridgehead atoms. The van der Waals surface area contributed by atoms with Crippen LogP contribution in [-0.4, -0.2) is 26.6 Å². The first kappa shape index (κ1) is 21.0. The number of sulfonamides is 1. The lowest BCUT2D eigenvalue weighted by molar-refractivity contribution is -0.117. The number of carbonyl (C=O) groups is 1. The van der Waals surface area contributed by atoms with Gasteiger partial charge in [-0.2, -0.15) is 0 Å². The SMILES string of the molecule is CC[C@H](C(=O)Nc1cc(C)ccc1C)N(c1ccc(C)c(C)c1)S(C)(=O)=O. The monoisotopic (exact) mass is 388 g/mol. The van der Waals surface area contributed by atoms with Crippen molar-refractivity contribution in [2.45, 2.75) is 47.1 Å². The van der Waals surface area contributed by atoms with Gasteiger partial charge >= 0.3 is 0 Å². The number of anilines is 2. The molecule has 2 aromatic rings. The molecular formula is C21H28N2O3S. The number of aryl methyl sites for hydroxylation is 4. The number of hydrogen-bond donors (Lipinski definition) is 1. The summed E-state index contributed by atoms with van der Waals surface area (Å²) in [6.07, 6.45) is 1.49. The molecule has 146 valence electrons. The van der Waals surface area contributed by atoms with Gasteiger partial charge in [0.05, 0.1) is 11.9 Å². The fourth-order valence-electron chi connectivity index (χ4n) is 3.01. The van der Waals surface area contributed by atoms with Crippen molar-refractivity contribution in [2.75, 3.05) is 15.9 Å². The van der Waals surface area contributed by atoms with Crippen LogP contribution in [0.4, 0.5) is 11.4 Å². The molecule has 0 aliphatic rings. The number of benzene rings is 2. The summed E-state index contributed by atoms with van der Waals surface area (Å²) in [5.74, 6) is -0.338. The van der Waals surface area contributed by atoms with Crippen molar-refractivity contribution in [3.63, 3.8) is 0 Å². The number of nitrogens with zero attached hydrogens (tertiary/aromatic N) is 1. The zero-order chi connectivity index (χ0) is 20.4. The standard InChI is InChI=1S/C21H28N2O3S/c1-7-20(21(24)22-19-12-14(2)8-9-16(19)4)23(27(6,25)26)18-11-10-15(3)17(5)13-18/h8-13,20H,7H2,1-6H3,(H,22,24)/t20-/m1/s1. The van der Waals surface area contributed by atoms with E-state index in [0.717, 1.165) is 28.5 Å². The molecule has 0 radical (unpaired) electrons. The van der Waals surface area contributed by atoms with Crippen LogP contribution >= 0.6 is 0 Å². The quantitative estimate of drug-likeness (QED) is 0.810. The molecule has 0 unspecified atom stereocenters. The molecular weight excluding hydrogens is 360 g/mol. The van der Waals surface area contributed by atoms with Crippen molar-refractivity contribution in [3.8, 4) is 0 Å². The average molecular weight is 389 g/mol. The Morgan fingerprint density at radius 3 is 2.19 bits per heavy atom. The van der Waals surface area contributed by atoms with Gasteiger partial charge < -0.3 is 5.32 Å². The molecule has 0 heterocycles. The zero-order valence-electron chi connectivity index (χ0n) is 16.8. The number of hydrogen-bond acceptors (Lipinski definition) is 3. The second kappa shape index (κ2) is 8.13. The summed E-state index contributed by atoms with van der Waals surface area (Å²) in [4.78, 5) is 13.0. The molecule has 1 N–H and O–H groups in total. The summed E-state index contributed by atoms with van der Waals surface area (Å²) in [6.45, 7) is 9.56. The second-order valence-electron chi connectivity index (χ2n) is 7.06. The average Bonchev–Trinajstić information content (AvgIpc) is 2.57. The lowest BCUT2D eigenvalue weighted by Gasteiger charge is -2.30. The summed E-state index contributed by atoms with van der Waals surface area (Å²) in [5, 5.41) is 2.91. The smallest absolute Gasteiger partial charge is 0.248 e. The van der Waals surface area contributed by atoms with Gasteiger partial charge in [0.25, 0.3) is 0 Å². The Morgan fingerprint density at radius 2 is 1.63 bits per heavy atom. The second-order valence-corrected chi connectivity index (χ2v) is 8.92. The molecule has 2 rings (SSSR count). The molecule has 0 aliphatic heterocycles. The Morgan fingerprint density at radius 1 is 1.00 bits per heavy atom. The first-order valence-corrected chi connectivity index (χ1v) is 10.8. The van der Waals surface area contributed by atoms with Crippen LogP contribution in [0.5, 0.6) is 0 Å². The predicted octanol–water partition coefficient (Wildman–Crippen LogP) is 4.10. The third-order valence-electron chi connectivity index (χ3n) is 4.73. The van der Waals surface area contributed by atoms with Gasteiger partial charge in [-0.1, -0.05) is 25.1 Å². The zero-order valence-corrected chi connectivity index (χ0v) is 17.6. The van der Waals surface area contributed by atoms with E-state index < -0.39 is 16.1 Å². The van der Waals surface area contributed by atoms with Crippen molar-refractivity contribution in [3.05, 3.63) is 58.7 Å². The van der Waals surface area contributed by atoms with Crippen LogP contribution in [0.25, 0.3) is 0 Å². The Labute approximate surface area is 162 Å². The molecule has 1 atom stereocenters. The van der Waals surface area contributed by atoms with E-state index in [1.165, 1.54) is 4.31 Å². The fourth-order valence-corrected chi connectivity index (χ4v) is 4.21. The Hall–Kier alpha value is -2.34. The van der Waals surface area contributed by atoms with Crippen molar-refractivity contribution in [1.29, 1.82) is 0 Å². The number of rotatable bonds is 6. The summed E-state index contributed by atoms with van der Waals surface area (Å²) >= 11 is 0. The number of amides is 1. The Bertz CT molecular complexity index is 952. The van der Waals surface area contributed by atoms with Gasteiger partial charge in [0.2, 0.25) is 15.9 Å². The van der Waals surface area contributed by atoms with E-state index in [4.69, 9.17) is 0 Å². The molecule has 6 heteroatoms.